The number of hydrogen-bond donors (Lipinski definition) is 3. The number of aromatic nitrogens is 1. The molecule has 3 aromatic carbocycles. The van der Waals surface area contributed by atoms with Crippen LogP contribution in [0.2, 0.25) is 0 Å². The number of carbonyl (C=O) groups is 2. The van der Waals surface area contributed by atoms with E-state index in [1.54, 1.807) is 18.2 Å². The largest absolute Gasteiger partial charge is 0.478 e. The molecule has 4 aromatic rings. The Morgan fingerprint density at radius 1 is 0.919 bits per heavy atom. The fourth-order valence-electron chi connectivity index (χ4n) is 3.47. The van der Waals surface area contributed by atoms with Crippen LogP contribution in [0.1, 0.15) is 22.8 Å². The summed E-state index contributed by atoms with van der Waals surface area (Å²) in [7, 11) is 0. The minimum Gasteiger partial charge on any atom is -0.478 e. The van der Waals surface area contributed by atoms with Gasteiger partial charge in [-0.15, -0.1) is 0 Å². The highest BCUT2D eigenvalue weighted by molar-refractivity contribution is 5.94. The predicted molar refractivity (Wildman–Crippen MR) is 132 cm³/mol. The first-order valence-electron chi connectivity index (χ1n) is 11.0. The van der Waals surface area contributed by atoms with E-state index < -0.39 is 35.3 Å². The molecule has 0 bridgehead atoms. The maximum atomic E-state index is 14.6. The number of hydrogen-bond acceptors (Lipinski definition) is 6. The number of nitrogens with zero attached hydrogens (tertiary/aromatic N) is 1. The summed E-state index contributed by atoms with van der Waals surface area (Å²) in [6.45, 7) is 1.63. The number of benzene rings is 3. The van der Waals surface area contributed by atoms with Gasteiger partial charge in [0.15, 0.2) is 11.6 Å². The number of ether oxygens (including phenoxy) is 2. The van der Waals surface area contributed by atoms with E-state index in [9.17, 15) is 23.5 Å². The van der Waals surface area contributed by atoms with Crippen molar-refractivity contribution in [2.75, 3.05) is 5.32 Å². The molecule has 0 saturated carbocycles. The number of amides is 1. The van der Waals surface area contributed by atoms with Crippen molar-refractivity contribution >= 4 is 17.6 Å². The summed E-state index contributed by atoms with van der Waals surface area (Å²) in [5.74, 6) is -5.44. The lowest BCUT2D eigenvalue weighted by Gasteiger charge is -2.13. The van der Waals surface area contributed by atoms with Gasteiger partial charge in [0, 0.05) is 31.3 Å². The van der Waals surface area contributed by atoms with Crippen molar-refractivity contribution in [3.8, 4) is 34.4 Å². The van der Waals surface area contributed by atoms with Gasteiger partial charge in [0.2, 0.25) is 5.91 Å². The first kappa shape index (κ1) is 25.3. The standard InChI is InChI=1S/C27H21F2N3O5/c1-15(33)31-19-8-9-21(27(34)35)24(12-19)37-26-23(29)13-22(28)25(32-26)36-20-7-3-6-18(11-20)17-5-2-4-16(10-17)14-30/h2-13H,14,30H2,1H3,(H,31,33)(H,34,35). The Hall–Kier alpha value is -4.83. The monoisotopic (exact) mass is 505 g/mol. The number of carbonyl (C=O) groups excluding carboxylic acids is 1. The fourth-order valence-corrected chi connectivity index (χ4v) is 3.47. The Bertz CT molecular complexity index is 1490. The molecule has 10 heteroatoms. The van der Waals surface area contributed by atoms with Gasteiger partial charge in [0.25, 0.3) is 11.8 Å². The van der Waals surface area contributed by atoms with Crippen LogP contribution in [0.25, 0.3) is 11.1 Å². The number of carboxylic acids is 1. The molecule has 0 atom stereocenters. The Morgan fingerprint density at radius 2 is 1.59 bits per heavy atom. The number of pyridine rings is 1. The van der Waals surface area contributed by atoms with Crippen LogP contribution < -0.4 is 20.5 Å². The van der Waals surface area contributed by atoms with Crippen molar-refractivity contribution in [1.29, 1.82) is 0 Å². The molecule has 0 spiro atoms. The number of nitrogens with one attached hydrogen (secondary N) is 1. The highest BCUT2D eigenvalue weighted by Gasteiger charge is 2.20. The van der Waals surface area contributed by atoms with Gasteiger partial charge < -0.3 is 25.6 Å². The van der Waals surface area contributed by atoms with Gasteiger partial charge >= 0.3 is 5.97 Å². The molecule has 0 fully saturated rings. The zero-order valence-corrected chi connectivity index (χ0v) is 19.5. The molecule has 4 rings (SSSR count). The van der Waals surface area contributed by atoms with Gasteiger partial charge in [-0.1, -0.05) is 30.3 Å². The van der Waals surface area contributed by atoms with Crippen molar-refractivity contribution in [3.63, 3.8) is 0 Å². The smallest absolute Gasteiger partial charge is 0.339 e. The molecule has 37 heavy (non-hydrogen) atoms. The molecule has 0 aliphatic heterocycles. The summed E-state index contributed by atoms with van der Waals surface area (Å²) in [6, 6.07) is 18.5. The van der Waals surface area contributed by atoms with Crippen LogP contribution in [-0.2, 0) is 11.3 Å². The summed E-state index contributed by atoms with van der Waals surface area (Å²) in [5.41, 5.74) is 8.17. The van der Waals surface area contributed by atoms with Gasteiger partial charge in [-0.05, 0) is 47.0 Å². The molecule has 0 saturated heterocycles. The lowest BCUT2D eigenvalue weighted by molar-refractivity contribution is -0.114. The summed E-state index contributed by atoms with van der Waals surface area (Å²) in [4.78, 5) is 26.8. The van der Waals surface area contributed by atoms with Crippen LogP contribution in [0.5, 0.6) is 23.3 Å². The first-order chi connectivity index (χ1) is 17.7. The number of halogens is 2. The third-order valence-corrected chi connectivity index (χ3v) is 5.15. The third kappa shape index (κ3) is 6.06. The van der Waals surface area contributed by atoms with Crippen molar-refractivity contribution in [2.24, 2.45) is 5.73 Å². The molecule has 0 aliphatic rings. The summed E-state index contributed by atoms with van der Waals surface area (Å²) >= 11 is 0. The Morgan fingerprint density at radius 3 is 2.27 bits per heavy atom. The Balaban J connectivity index is 1.65. The summed E-state index contributed by atoms with van der Waals surface area (Å²) < 4.78 is 40.1. The zero-order chi connectivity index (χ0) is 26.5. The molecule has 188 valence electrons. The van der Waals surface area contributed by atoms with Crippen molar-refractivity contribution in [2.45, 2.75) is 13.5 Å². The van der Waals surface area contributed by atoms with Gasteiger partial charge in [-0.3, -0.25) is 4.79 Å². The molecule has 1 heterocycles. The van der Waals surface area contributed by atoms with Crippen LogP contribution in [0.4, 0.5) is 14.5 Å². The van der Waals surface area contributed by atoms with E-state index in [4.69, 9.17) is 15.2 Å². The Kier molecular flexibility index (Phi) is 7.40. The second-order valence-corrected chi connectivity index (χ2v) is 7.90. The van der Waals surface area contributed by atoms with E-state index in [-0.39, 0.29) is 22.7 Å². The average molecular weight is 505 g/mol. The lowest BCUT2D eigenvalue weighted by atomic mass is 10.0. The quantitative estimate of drug-likeness (QED) is 0.280. The molecule has 1 amide bonds. The zero-order valence-electron chi connectivity index (χ0n) is 19.5. The van der Waals surface area contributed by atoms with Crippen LogP contribution in [0, 0.1) is 11.6 Å². The molecule has 8 nitrogen and oxygen atoms in total. The van der Waals surface area contributed by atoms with Crippen LogP contribution >= 0.6 is 0 Å². The van der Waals surface area contributed by atoms with E-state index in [1.165, 1.54) is 25.1 Å². The minimum atomic E-state index is -1.36. The third-order valence-electron chi connectivity index (χ3n) is 5.15. The molecule has 0 aliphatic carbocycles. The molecule has 1 aromatic heterocycles. The molecular weight excluding hydrogens is 484 g/mol. The topological polar surface area (TPSA) is 124 Å². The van der Waals surface area contributed by atoms with Gasteiger partial charge in [-0.2, -0.15) is 4.98 Å². The van der Waals surface area contributed by atoms with Gasteiger partial charge in [0.05, 0.1) is 0 Å². The van der Waals surface area contributed by atoms with Crippen molar-refractivity contribution in [3.05, 3.63) is 95.6 Å². The maximum Gasteiger partial charge on any atom is 0.339 e. The molecule has 0 unspecified atom stereocenters. The van der Waals surface area contributed by atoms with Crippen LogP contribution in [0.3, 0.4) is 0 Å². The predicted octanol–water partition coefficient (Wildman–Crippen LogP) is 5.73. The SMILES string of the molecule is CC(=O)Nc1ccc(C(=O)O)c(Oc2nc(Oc3cccc(-c4cccc(CN)c4)c3)c(F)cc2F)c1. The number of aromatic carboxylic acids is 1. The van der Waals surface area contributed by atoms with Crippen LogP contribution in [-0.4, -0.2) is 22.0 Å². The van der Waals surface area contributed by atoms with E-state index >= 15 is 0 Å². The fraction of sp³-hybridized carbons (Fsp3) is 0.0741. The lowest BCUT2D eigenvalue weighted by Crippen LogP contribution is -2.08. The minimum absolute atomic E-state index is 0.210. The van der Waals surface area contributed by atoms with Gasteiger partial charge in [0.1, 0.15) is 17.1 Å². The Labute approximate surface area is 210 Å². The van der Waals surface area contributed by atoms with E-state index in [0.717, 1.165) is 16.7 Å². The highest BCUT2D eigenvalue weighted by atomic mass is 19.1. The number of anilines is 1. The second-order valence-electron chi connectivity index (χ2n) is 7.90. The average Bonchev–Trinajstić information content (AvgIpc) is 2.86. The summed E-state index contributed by atoms with van der Waals surface area (Å²) in [6.07, 6.45) is 0. The maximum absolute atomic E-state index is 14.6. The molecule has 4 N–H and O–H groups in total. The van der Waals surface area contributed by atoms with E-state index in [0.29, 0.717) is 12.6 Å². The number of carboxylic acid groups (broad SMARTS) is 1. The second kappa shape index (κ2) is 10.8. The van der Waals surface area contributed by atoms with Crippen molar-refractivity contribution in [1.82, 2.24) is 4.98 Å². The van der Waals surface area contributed by atoms with Gasteiger partial charge in [-0.25, -0.2) is 13.6 Å². The summed E-state index contributed by atoms with van der Waals surface area (Å²) in [5, 5.41) is 11.9. The molecular formula is C27H21F2N3O5. The molecule has 0 radical (unpaired) electrons. The highest BCUT2D eigenvalue weighted by Crippen LogP contribution is 2.34. The van der Waals surface area contributed by atoms with E-state index in [1.807, 2.05) is 30.3 Å². The van der Waals surface area contributed by atoms with E-state index in [2.05, 4.69) is 10.3 Å². The van der Waals surface area contributed by atoms with Crippen molar-refractivity contribution < 1.29 is 33.0 Å². The number of nitrogens with two attached hydrogens (primary N) is 1. The first-order valence-corrected chi connectivity index (χ1v) is 11.0. The normalized spacial score (nSPS) is 10.6. The van der Waals surface area contributed by atoms with Crippen LogP contribution in [0.15, 0.2) is 72.8 Å². The number of rotatable bonds is 8.